The standard InChI is InChI=1S/C4H4O4.4C4H9.2Sn.2H/c5-3(6)1-2-4(7)8;4*1-3-4-2;;;;/h1-2H,(H,5,6)(H,7,8);4*1,3-4H2,2H3;;;;/q;;;;;2*+1;;/p-2/b2-1-;;;;;;;;. The van der Waals surface area contributed by atoms with Crippen LogP contribution < -0.4 is 0 Å². The first-order valence-electron chi connectivity index (χ1n) is 10.7. The van der Waals surface area contributed by atoms with Gasteiger partial charge in [0.05, 0.1) is 0 Å². The van der Waals surface area contributed by atoms with Crippen molar-refractivity contribution in [2.24, 2.45) is 0 Å². The van der Waals surface area contributed by atoms with Crippen LogP contribution in [0.25, 0.3) is 0 Å². The van der Waals surface area contributed by atoms with Crippen LogP contribution in [0.3, 0.4) is 0 Å². The third-order valence-corrected chi connectivity index (χ3v) is 19.7. The molecule has 0 aliphatic rings. The van der Waals surface area contributed by atoms with E-state index >= 15 is 0 Å². The second-order valence-corrected chi connectivity index (χ2v) is 22.1. The zero-order valence-electron chi connectivity index (χ0n) is 17.4. The Balaban J connectivity index is 4.43. The van der Waals surface area contributed by atoms with Gasteiger partial charge in [-0.25, -0.2) is 0 Å². The van der Waals surface area contributed by atoms with Crippen molar-refractivity contribution >= 4 is 52.3 Å². The van der Waals surface area contributed by atoms with Crippen LogP contribution in [0.5, 0.6) is 0 Å². The quantitative estimate of drug-likeness (QED) is 0.184. The molecule has 0 spiro atoms. The van der Waals surface area contributed by atoms with Crippen LogP contribution in [0.1, 0.15) is 79.1 Å². The molecule has 0 aliphatic carbocycles. The van der Waals surface area contributed by atoms with E-state index in [0.717, 1.165) is 69.1 Å². The molecule has 0 unspecified atom stereocenters. The number of hydrogen-bond donors (Lipinski definition) is 0. The summed E-state index contributed by atoms with van der Waals surface area (Å²) in [6, 6.07) is 0. The van der Waals surface area contributed by atoms with Crippen molar-refractivity contribution in [2.75, 3.05) is 0 Å². The van der Waals surface area contributed by atoms with Gasteiger partial charge < -0.3 is 0 Å². The molecule has 152 valence electrons. The van der Waals surface area contributed by atoms with E-state index in [1.807, 2.05) is 0 Å². The van der Waals surface area contributed by atoms with Gasteiger partial charge in [-0.15, -0.1) is 0 Å². The van der Waals surface area contributed by atoms with Crippen LogP contribution in [0.2, 0.25) is 17.7 Å². The van der Waals surface area contributed by atoms with E-state index in [0.29, 0.717) is 0 Å². The van der Waals surface area contributed by atoms with E-state index in [1.165, 1.54) is 12.2 Å². The Bertz CT molecular complexity index is 347. The molecule has 0 rings (SSSR count). The van der Waals surface area contributed by atoms with E-state index in [9.17, 15) is 9.59 Å². The molecule has 0 aromatic carbocycles. The summed E-state index contributed by atoms with van der Waals surface area (Å²) >= 11 is -4.47. The second-order valence-electron chi connectivity index (χ2n) is 7.02. The van der Waals surface area contributed by atoms with Gasteiger partial charge in [-0.2, -0.15) is 0 Å². The fraction of sp³-hybridized carbons (Fsp3) is 0.800. The number of carbonyl (C=O) groups excluding carboxylic acids is 2. The Morgan fingerprint density at radius 1 is 0.615 bits per heavy atom. The van der Waals surface area contributed by atoms with Crippen molar-refractivity contribution in [2.45, 2.75) is 96.8 Å². The first-order chi connectivity index (χ1) is 12.6. The average molecular weight is 582 g/mol. The predicted molar refractivity (Wildman–Crippen MR) is 114 cm³/mol. The molecule has 0 atom stereocenters. The van der Waals surface area contributed by atoms with Crippen LogP contribution in [-0.4, -0.2) is 52.3 Å². The van der Waals surface area contributed by atoms with Gasteiger partial charge in [0.2, 0.25) is 0 Å². The summed E-state index contributed by atoms with van der Waals surface area (Å²) in [5, 5.41) is 0. The molecule has 0 heterocycles. The molecule has 0 fully saturated rings. The summed E-state index contributed by atoms with van der Waals surface area (Å²) < 4.78 is 15.9. The minimum atomic E-state index is -2.23. The Labute approximate surface area is 176 Å². The molecule has 0 amide bonds. The van der Waals surface area contributed by atoms with Gasteiger partial charge in [-0.3, -0.25) is 0 Å². The zero-order valence-corrected chi connectivity index (χ0v) is 24.0. The molecule has 0 saturated heterocycles. The van der Waals surface area contributed by atoms with Gasteiger partial charge in [-0.05, 0) is 0 Å². The maximum atomic E-state index is 12.1. The summed E-state index contributed by atoms with van der Waals surface area (Å²) in [4.78, 5) is 24.1. The predicted octanol–water partition coefficient (Wildman–Crippen LogP) is 5.28. The fourth-order valence-corrected chi connectivity index (χ4v) is 18.0. The monoisotopic (exact) mass is 584 g/mol. The van der Waals surface area contributed by atoms with E-state index in [-0.39, 0.29) is 11.9 Å². The SMILES string of the molecule is CCC[CH2][SnH]([CH2]CCC)[O]C(=O)/C=C\C(=O)[O][SnH]([CH2]CCC)[CH2]CCC. The van der Waals surface area contributed by atoms with Crippen molar-refractivity contribution in [3.05, 3.63) is 12.2 Å². The van der Waals surface area contributed by atoms with Crippen LogP contribution >= 0.6 is 0 Å². The van der Waals surface area contributed by atoms with Crippen LogP contribution in [0.4, 0.5) is 0 Å². The van der Waals surface area contributed by atoms with Gasteiger partial charge in [0, 0.05) is 0 Å². The molecule has 4 nitrogen and oxygen atoms in total. The topological polar surface area (TPSA) is 52.6 Å². The molecular formula is C20H40O4Sn2. The number of rotatable bonds is 16. The van der Waals surface area contributed by atoms with Crippen molar-refractivity contribution in [1.29, 1.82) is 0 Å². The molecule has 26 heavy (non-hydrogen) atoms. The Kier molecular flexibility index (Phi) is 18.8. The van der Waals surface area contributed by atoms with Crippen molar-refractivity contribution in [3.8, 4) is 0 Å². The summed E-state index contributed by atoms with van der Waals surface area (Å²) in [5.41, 5.74) is 0. The third-order valence-electron chi connectivity index (χ3n) is 4.44. The molecule has 0 aromatic rings. The molecular weight excluding hydrogens is 542 g/mol. The first-order valence-corrected chi connectivity index (χ1v) is 22.7. The fourth-order valence-electron chi connectivity index (χ4n) is 2.79. The van der Waals surface area contributed by atoms with E-state index in [4.69, 9.17) is 6.15 Å². The number of hydrogen-bond acceptors (Lipinski definition) is 4. The molecule has 0 N–H and O–H groups in total. The molecule has 6 heteroatoms. The first kappa shape index (κ1) is 26.3. The van der Waals surface area contributed by atoms with Crippen molar-refractivity contribution < 1.29 is 15.7 Å². The molecule has 0 saturated carbocycles. The summed E-state index contributed by atoms with van der Waals surface area (Å²) in [5.74, 6) is -0.660. The maximum absolute atomic E-state index is 12.1. The normalized spacial score (nSPS) is 11.5. The summed E-state index contributed by atoms with van der Waals surface area (Å²) in [7, 11) is 0. The van der Waals surface area contributed by atoms with Gasteiger partial charge >= 0.3 is 177 Å². The Hall–Kier alpha value is 0.277. The van der Waals surface area contributed by atoms with E-state index < -0.39 is 40.3 Å². The zero-order chi connectivity index (χ0) is 19.6. The third kappa shape index (κ3) is 15.3. The van der Waals surface area contributed by atoms with E-state index in [2.05, 4.69) is 27.7 Å². The Morgan fingerprint density at radius 3 is 1.12 bits per heavy atom. The van der Waals surface area contributed by atoms with Crippen LogP contribution in [0, 0.1) is 0 Å². The summed E-state index contributed by atoms with van der Waals surface area (Å²) in [6.45, 7) is 8.67. The van der Waals surface area contributed by atoms with Crippen LogP contribution in [-0.2, 0) is 15.7 Å². The second kappa shape index (κ2) is 18.6. The van der Waals surface area contributed by atoms with Gasteiger partial charge in [0.25, 0.3) is 0 Å². The van der Waals surface area contributed by atoms with Crippen LogP contribution in [0.15, 0.2) is 12.2 Å². The molecule has 0 bridgehead atoms. The number of unbranched alkanes of at least 4 members (excludes halogenated alkanes) is 4. The van der Waals surface area contributed by atoms with E-state index in [1.54, 1.807) is 0 Å². The Morgan fingerprint density at radius 2 is 0.885 bits per heavy atom. The molecule has 0 aromatic heterocycles. The molecule has 0 aliphatic heterocycles. The minimum absolute atomic E-state index is 0.330. The summed E-state index contributed by atoms with van der Waals surface area (Å²) in [6.07, 6.45) is 11.8. The van der Waals surface area contributed by atoms with Gasteiger partial charge in [0.1, 0.15) is 0 Å². The van der Waals surface area contributed by atoms with Gasteiger partial charge in [-0.1, -0.05) is 0 Å². The molecule has 0 radical (unpaired) electrons. The van der Waals surface area contributed by atoms with Crippen molar-refractivity contribution in [3.63, 3.8) is 0 Å². The number of carbonyl (C=O) groups is 2. The van der Waals surface area contributed by atoms with Gasteiger partial charge in [0.15, 0.2) is 0 Å². The van der Waals surface area contributed by atoms with Crippen molar-refractivity contribution in [1.82, 2.24) is 0 Å². The average Bonchev–Trinajstić information content (AvgIpc) is 2.64.